The van der Waals surface area contributed by atoms with Crippen LogP contribution in [0.1, 0.15) is 0 Å². The predicted molar refractivity (Wildman–Crippen MR) is 51.4 cm³/mol. The number of halogens is 2. The second-order valence-electron chi connectivity index (χ2n) is 2.94. The van der Waals surface area contributed by atoms with Crippen LogP contribution >= 0.6 is 0 Å². The molecule has 0 fully saturated rings. The fourth-order valence-electron chi connectivity index (χ4n) is 0.897. The van der Waals surface area contributed by atoms with Gasteiger partial charge in [-0.1, -0.05) is 0 Å². The minimum absolute atomic E-state index is 0.185. The number of pyridine rings is 1. The Morgan fingerprint density at radius 3 is 2.69 bits per heavy atom. The van der Waals surface area contributed by atoms with Crippen LogP contribution in [0.2, 0.25) is 0 Å². The van der Waals surface area contributed by atoms with Gasteiger partial charge in [-0.2, -0.15) is 0 Å². The molecular weight excluding hydrogens is 224 g/mol. The van der Waals surface area contributed by atoms with Crippen molar-refractivity contribution < 1.29 is 18.8 Å². The van der Waals surface area contributed by atoms with Crippen LogP contribution in [0.3, 0.4) is 0 Å². The Labute approximate surface area is 89.1 Å². The lowest BCUT2D eigenvalue weighted by molar-refractivity contribution is -0.385. The number of aliphatic hydroxyl groups excluding tert-OH is 1. The molecule has 2 N–H and O–H groups in total. The molecule has 1 heterocycles. The van der Waals surface area contributed by atoms with Crippen molar-refractivity contribution in [3.8, 4) is 0 Å². The van der Waals surface area contributed by atoms with E-state index in [1.165, 1.54) is 12.1 Å². The molecule has 1 aromatic rings. The van der Waals surface area contributed by atoms with Gasteiger partial charge in [0.1, 0.15) is 18.1 Å². The summed E-state index contributed by atoms with van der Waals surface area (Å²) in [6, 6.07) is 2.46. The molecule has 0 amide bonds. The van der Waals surface area contributed by atoms with Crippen molar-refractivity contribution in [3.63, 3.8) is 0 Å². The zero-order valence-electron chi connectivity index (χ0n) is 8.01. The van der Waals surface area contributed by atoms with Gasteiger partial charge in [0.05, 0.1) is 4.92 Å². The molecule has 88 valence electrons. The molecule has 0 aliphatic carbocycles. The van der Waals surface area contributed by atoms with Crippen LogP contribution in [0.4, 0.5) is 20.3 Å². The molecule has 0 aliphatic heterocycles. The molecule has 0 spiro atoms. The van der Waals surface area contributed by atoms with Crippen molar-refractivity contribution in [2.75, 3.05) is 11.9 Å². The van der Waals surface area contributed by atoms with Crippen molar-refractivity contribution in [2.24, 2.45) is 0 Å². The van der Waals surface area contributed by atoms with Gasteiger partial charge in [-0.15, -0.1) is 0 Å². The van der Waals surface area contributed by atoms with Gasteiger partial charge >= 0.3 is 0 Å². The number of aliphatic hydroxyl groups is 1. The van der Waals surface area contributed by atoms with E-state index in [-0.39, 0.29) is 18.1 Å². The standard InChI is InChI=1S/C8H9F2N3O3/c9-8(10)6(14)4-12-7-2-1-5(3-11-7)13(15)16/h1-3,6,8,14H,4H2,(H,11,12). The van der Waals surface area contributed by atoms with Gasteiger partial charge in [0.15, 0.2) is 0 Å². The first kappa shape index (κ1) is 12.2. The minimum Gasteiger partial charge on any atom is -0.385 e. The van der Waals surface area contributed by atoms with E-state index in [4.69, 9.17) is 5.11 Å². The molecule has 1 aromatic heterocycles. The van der Waals surface area contributed by atoms with Crippen LogP contribution in [0.15, 0.2) is 18.3 Å². The normalized spacial score (nSPS) is 12.5. The maximum absolute atomic E-state index is 11.9. The van der Waals surface area contributed by atoms with Gasteiger partial charge in [0.2, 0.25) is 0 Å². The molecule has 8 heteroatoms. The summed E-state index contributed by atoms with van der Waals surface area (Å²) in [5.74, 6) is 0.185. The first-order valence-corrected chi connectivity index (χ1v) is 4.31. The molecule has 1 unspecified atom stereocenters. The molecular formula is C8H9F2N3O3. The van der Waals surface area contributed by atoms with Gasteiger partial charge in [-0.05, 0) is 6.07 Å². The Morgan fingerprint density at radius 1 is 1.56 bits per heavy atom. The van der Waals surface area contributed by atoms with E-state index in [0.717, 1.165) is 6.20 Å². The van der Waals surface area contributed by atoms with Crippen molar-refractivity contribution >= 4 is 11.5 Å². The Kier molecular flexibility index (Phi) is 4.06. The van der Waals surface area contributed by atoms with E-state index >= 15 is 0 Å². The third-order valence-corrected chi connectivity index (χ3v) is 1.74. The first-order chi connectivity index (χ1) is 7.50. The number of hydrogen-bond acceptors (Lipinski definition) is 5. The number of hydrogen-bond donors (Lipinski definition) is 2. The highest BCUT2D eigenvalue weighted by Crippen LogP contribution is 2.12. The molecule has 16 heavy (non-hydrogen) atoms. The van der Waals surface area contributed by atoms with Crippen LogP contribution in [0.5, 0.6) is 0 Å². The van der Waals surface area contributed by atoms with Crippen molar-refractivity contribution in [1.82, 2.24) is 4.98 Å². The number of alkyl halides is 2. The number of nitrogens with one attached hydrogen (secondary N) is 1. The highest BCUT2D eigenvalue weighted by molar-refractivity contribution is 5.40. The number of rotatable bonds is 5. The molecule has 0 bridgehead atoms. The highest BCUT2D eigenvalue weighted by Gasteiger charge is 2.16. The lowest BCUT2D eigenvalue weighted by Crippen LogP contribution is -2.27. The van der Waals surface area contributed by atoms with Crippen LogP contribution in [0, 0.1) is 10.1 Å². The Balaban J connectivity index is 2.53. The maximum Gasteiger partial charge on any atom is 0.287 e. The van der Waals surface area contributed by atoms with Crippen LogP contribution in [-0.4, -0.2) is 34.1 Å². The largest absolute Gasteiger partial charge is 0.385 e. The van der Waals surface area contributed by atoms with Crippen LogP contribution < -0.4 is 5.32 Å². The van der Waals surface area contributed by atoms with Gasteiger partial charge < -0.3 is 10.4 Å². The third kappa shape index (κ3) is 3.39. The summed E-state index contributed by atoms with van der Waals surface area (Å²) >= 11 is 0. The number of anilines is 1. The monoisotopic (exact) mass is 233 g/mol. The first-order valence-electron chi connectivity index (χ1n) is 4.31. The Bertz CT molecular complexity index is 358. The van der Waals surface area contributed by atoms with E-state index in [1.54, 1.807) is 0 Å². The summed E-state index contributed by atoms with van der Waals surface area (Å²) in [5.41, 5.74) is -0.194. The molecule has 0 aliphatic rings. The van der Waals surface area contributed by atoms with E-state index in [9.17, 15) is 18.9 Å². The third-order valence-electron chi connectivity index (χ3n) is 1.74. The fourth-order valence-corrected chi connectivity index (χ4v) is 0.897. The topological polar surface area (TPSA) is 88.3 Å². The summed E-state index contributed by atoms with van der Waals surface area (Å²) in [5, 5.41) is 21.5. The summed E-state index contributed by atoms with van der Waals surface area (Å²) in [7, 11) is 0. The second-order valence-corrected chi connectivity index (χ2v) is 2.94. The Morgan fingerprint density at radius 2 is 2.25 bits per heavy atom. The molecule has 1 atom stereocenters. The maximum atomic E-state index is 11.9. The number of aromatic nitrogens is 1. The number of nitro groups is 1. The van der Waals surface area contributed by atoms with E-state index in [2.05, 4.69) is 10.3 Å². The van der Waals surface area contributed by atoms with Crippen molar-refractivity contribution in [2.45, 2.75) is 12.5 Å². The van der Waals surface area contributed by atoms with E-state index in [1.807, 2.05) is 0 Å². The van der Waals surface area contributed by atoms with Gasteiger partial charge in [-0.25, -0.2) is 13.8 Å². The van der Waals surface area contributed by atoms with Crippen LogP contribution in [-0.2, 0) is 0 Å². The average molecular weight is 233 g/mol. The van der Waals surface area contributed by atoms with Crippen molar-refractivity contribution in [1.29, 1.82) is 0 Å². The minimum atomic E-state index is -2.84. The summed E-state index contributed by atoms with van der Waals surface area (Å²) in [6.45, 7) is -0.373. The van der Waals surface area contributed by atoms with E-state index < -0.39 is 17.5 Å². The SMILES string of the molecule is O=[N+]([O-])c1ccc(NCC(O)C(F)F)nc1. The van der Waals surface area contributed by atoms with Gasteiger partial charge in [-0.3, -0.25) is 10.1 Å². The van der Waals surface area contributed by atoms with E-state index in [0.29, 0.717) is 0 Å². The van der Waals surface area contributed by atoms with Crippen LogP contribution in [0.25, 0.3) is 0 Å². The predicted octanol–water partition coefficient (Wildman–Crippen LogP) is 1.03. The molecule has 0 aromatic carbocycles. The number of nitrogens with zero attached hydrogens (tertiary/aromatic N) is 2. The zero-order chi connectivity index (χ0) is 12.1. The summed E-state index contributed by atoms with van der Waals surface area (Å²) < 4.78 is 23.8. The smallest absolute Gasteiger partial charge is 0.287 e. The second kappa shape index (κ2) is 5.31. The lowest BCUT2D eigenvalue weighted by Gasteiger charge is -2.10. The summed E-state index contributed by atoms with van der Waals surface area (Å²) in [4.78, 5) is 13.3. The molecule has 0 radical (unpaired) electrons. The lowest BCUT2D eigenvalue weighted by atomic mass is 10.3. The highest BCUT2D eigenvalue weighted by atomic mass is 19.3. The molecule has 0 saturated heterocycles. The molecule has 1 rings (SSSR count). The Hall–Kier alpha value is -1.83. The van der Waals surface area contributed by atoms with Gasteiger partial charge in [0, 0.05) is 12.6 Å². The molecule has 6 nitrogen and oxygen atoms in total. The quantitative estimate of drug-likeness (QED) is 0.585. The average Bonchev–Trinajstić information content (AvgIpc) is 2.26. The fraction of sp³-hybridized carbons (Fsp3) is 0.375. The molecule has 0 saturated carbocycles. The van der Waals surface area contributed by atoms with Crippen molar-refractivity contribution in [3.05, 3.63) is 28.4 Å². The summed E-state index contributed by atoms with van der Waals surface area (Å²) in [6.07, 6.45) is -3.64. The van der Waals surface area contributed by atoms with Gasteiger partial charge in [0.25, 0.3) is 12.1 Å². The zero-order valence-corrected chi connectivity index (χ0v) is 8.01.